The van der Waals surface area contributed by atoms with E-state index in [0.29, 0.717) is 32.0 Å². The number of hydrogen-bond acceptors (Lipinski definition) is 6. The maximum Gasteiger partial charge on any atom is 0.305 e. The lowest BCUT2D eigenvalue weighted by molar-refractivity contribution is -0.143. The summed E-state index contributed by atoms with van der Waals surface area (Å²) in [5, 5.41) is 20.8. The minimum atomic E-state index is -0.728. The van der Waals surface area contributed by atoms with Crippen molar-refractivity contribution in [1.29, 1.82) is 0 Å². The third-order valence-corrected chi connectivity index (χ3v) is 6.36. The molecule has 2 fully saturated rings. The van der Waals surface area contributed by atoms with Crippen molar-refractivity contribution in [1.82, 2.24) is 0 Å². The Morgan fingerprint density at radius 1 is 1.29 bits per heavy atom. The standard InChI is InChI=1S/C25H36O6/c1-2-29-25(28)10-6-7-18-11-13-22-21(23(27)15-24(22)31-16-18)14-12-19(26)17-30-20-8-4-3-5-9-20/h3-5,8-9,12,14,18-19,21-24,26-27H,2,6-7,10-11,13,15-17H2,1H3/t18-,19-,21-,22-,23-,24+/m1/s1. The van der Waals surface area contributed by atoms with Crippen LogP contribution in [-0.4, -0.2) is 54.3 Å². The van der Waals surface area contributed by atoms with Crippen LogP contribution in [0.2, 0.25) is 0 Å². The monoisotopic (exact) mass is 432 g/mol. The Balaban J connectivity index is 1.45. The van der Waals surface area contributed by atoms with Gasteiger partial charge in [-0.05, 0) is 56.6 Å². The van der Waals surface area contributed by atoms with E-state index in [4.69, 9.17) is 14.2 Å². The van der Waals surface area contributed by atoms with Crippen LogP contribution >= 0.6 is 0 Å². The van der Waals surface area contributed by atoms with Gasteiger partial charge in [0, 0.05) is 25.4 Å². The number of carbonyl (C=O) groups excluding carboxylic acids is 1. The van der Waals surface area contributed by atoms with Crippen molar-refractivity contribution in [2.75, 3.05) is 19.8 Å². The highest BCUT2D eigenvalue weighted by molar-refractivity contribution is 5.69. The largest absolute Gasteiger partial charge is 0.491 e. The highest BCUT2D eigenvalue weighted by atomic mass is 16.5. The van der Waals surface area contributed by atoms with Crippen molar-refractivity contribution in [2.24, 2.45) is 17.8 Å². The summed E-state index contributed by atoms with van der Waals surface area (Å²) in [6, 6.07) is 9.41. The first-order chi connectivity index (χ1) is 15.1. The van der Waals surface area contributed by atoms with Gasteiger partial charge >= 0.3 is 5.97 Å². The van der Waals surface area contributed by atoms with Crippen molar-refractivity contribution < 1.29 is 29.2 Å². The van der Waals surface area contributed by atoms with Crippen LogP contribution in [-0.2, 0) is 14.3 Å². The van der Waals surface area contributed by atoms with E-state index >= 15 is 0 Å². The Hall–Kier alpha value is -1.89. The summed E-state index contributed by atoms with van der Waals surface area (Å²) in [7, 11) is 0. The molecule has 1 aromatic rings. The van der Waals surface area contributed by atoms with Crippen LogP contribution in [0.4, 0.5) is 0 Å². The molecule has 2 N–H and O–H groups in total. The van der Waals surface area contributed by atoms with Crippen LogP contribution < -0.4 is 4.74 Å². The second-order valence-corrected chi connectivity index (χ2v) is 8.63. The molecule has 6 atom stereocenters. The average molecular weight is 433 g/mol. The molecule has 0 spiro atoms. The van der Waals surface area contributed by atoms with Gasteiger partial charge in [-0.1, -0.05) is 30.4 Å². The van der Waals surface area contributed by atoms with E-state index in [1.54, 1.807) is 6.08 Å². The molecule has 1 heterocycles. The second-order valence-electron chi connectivity index (χ2n) is 8.63. The molecule has 172 valence electrons. The van der Waals surface area contributed by atoms with E-state index < -0.39 is 12.2 Å². The molecule has 0 amide bonds. The Morgan fingerprint density at radius 3 is 2.87 bits per heavy atom. The van der Waals surface area contributed by atoms with Crippen LogP contribution in [0.1, 0.15) is 45.4 Å². The average Bonchev–Trinajstić information content (AvgIpc) is 2.93. The van der Waals surface area contributed by atoms with Crippen molar-refractivity contribution in [3.63, 3.8) is 0 Å². The molecule has 6 nitrogen and oxygen atoms in total. The van der Waals surface area contributed by atoms with Crippen LogP contribution in [0.25, 0.3) is 0 Å². The number of rotatable bonds is 10. The topological polar surface area (TPSA) is 85.2 Å². The Kier molecular flexibility index (Phi) is 9.37. The summed E-state index contributed by atoms with van der Waals surface area (Å²) in [5.74, 6) is 1.27. The molecule has 1 aliphatic heterocycles. The van der Waals surface area contributed by atoms with Crippen molar-refractivity contribution in [2.45, 2.75) is 63.8 Å². The molecule has 0 radical (unpaired) electrons. The van der Waals surface area contributed by atoms with E-state index in [9.17, 15) is 15.0 Å². The maximum atomic E-state index is 11.5. The van der Waals surface area contributed by atoms with Crippen LogP contribution in [0, 0.1) is 17.8 Å². The lowest BCUT2D eigenvalue weighted by atomic mass is 9.86. The second kappa shape index (κ2) is 12.2. The van der Waals surface area contributed by atoms with Gasteiger partial charge < -0.3 is 24.4 Å². The Labute approximate surface area is 185 Å². The number of fused-ring (bicyclic) bond motifs is 1. The predicted molar refractivity (Wildman–Crippen MR) is 118 cm³/mol. The molecule has 3 rings (SSSR count). The number of aliphatic hydroxyl groups is 2. The number of esters is 1. The number of hydrogen-bond donors (Lipinski definition) is 2. The van der Waals surface area contributed by atoms with Gasteiger partial charge in [-0.2, -0.15) is 0 Å². The lowest BCUT2D eigenvalue weighted by Gasteiger charge is -2.21. The number of carbonyl (C=O) groups is 1. The smallest absolute Gasteiger partial charge is 0.305 e. The molecule has 0 aromatic heterocycles. The predicted octanol–water partition coefficient (Wildman–Crippen LogP) is 3.51. The van der Waals surface area contributed by atoms with Gasteiger partial charge in [-0.15, -0.1) is 0 Å². The zero-order valence-electron chi connectivity index (χ0n) is 18.4. The maximum absolute atomic E-state index is 11.5. The van der Waals surface area contributed by atoms with E-state index in [-0.39, 0.29) is 30.5 Å². The molecule has 6 heteroatoms. The molecular formula is C25H36O6. The normalized spacial score (nSPS) is 29.3. The molecule has 2 aliphatic rings. The minimum Gasteiger partial charge on any atom is -0.491 e. The quantitative estimate of drug-likeness (QED) is 0.435. The molecule has 31 heavy (non-hydrogen) atoms. The Morgan fingerprint density at radius 2 is 2.10 bits per heavy atom. The highest BCUT2D eigenvalue weighted by Gasteiger charge is 2.43. The molecule has 0 unspecified atom stereocenters. The first-order valence-corrected chi connectivity index (χ1v) is 11.6. The number of ether oxygens (including phenoxy) is 3. The van der Waals surface area contributed by atoms with Gasteiger partial charge in [0.25, 0.3) is 0 Å². The van der Waals surface area contributed by atoms with Crippen molar-refractivity contribution >= 4 is 5.97 Å². The zero-order valence-corrected chi connectivity index (χ0v) is 18.4. The zero-order chi connectivity index (χ0) is 22.1. The van der Waals surface area contributed by atoms with Crippen LogP contribution in [0.5, 0.6) is 5.75 Å². The van der Waals surface area contributed by atoms with Crippen molar-refractivity contribution in [3.8, 4) is 5.75 Å². The van der Waals surface area contributed by atoms with Gasteiger partial charge in [0.1, 0.15) is 18.5 Å². The third kappa shape index (κ3) is 7.34. The SMILES string of the molecule is CCOC(=O)CCC[C@@H]1CC[C@@H]2[C@@H](C=C[C@@H](O)COc3ccccc3)[C@H](O)C[C@@H]2OC1. The summed E-state index contributed by atoms with van der Waals surface area (Å²) in [6.45, 7) is 3.11. The van der Waals surface area contributed by atoms with Gasteiger partial charge in [0.2, 0.25) is 0 Å². The summed E-state index contributed by atoms with van der Waals surface area (Å²) in [6.07, 6.45) is 7.44. The molecule has 1 saturated carbocycles. The first kappa shape index (κ1) is 23.8. The fraction of sp³-hybridized carbons (Fsp3) is 0.640. The molecule has 1 saturated heterocycles. The van der Waals surface area contributed by atoms with Gasteiger partial charge in [-0.3, -0.25) is 4.79 Å². The van der Waals surface area contributed by atoms with E-state index in [1.165, 1.54) is 0 Å². The van der Waals surface area contributed by atoms with Crippen molar-refractivity contribution in [3.05, 3.63) is 42.5 Å². The number of benzene rings is 1. The summed E-state index contributed by atoms with van der Waals surface area (Å²) in [4.78, 5) is 11.5. The van der Waals surface area contributed by atoms with Crippen LogP contribution in [0.3, 0.4) is 0 Å². The first-order valence-electron chi connectivity index (χ1n) is 11.6. The third-order valence-electron chi connectivity index (χ3n) is 6.36. The van der Waals surface area contributed by atoms with Gasteiger partial charge in [-0.25, -0.2) is 0 Å². The molecule has 1 aromatic carbocycles. The van der Waals surface area contributed by atoms with Gasteiger partial charge in [0.05, 0.1) is 18.8 Å². The summed E-state index contributed by atoms with van der Waals surface area (Å²) >= 11 is 0. The minimum absolute atomic E-state index is 0.0188. The number of para-hydroxylation sites is 1. The number of aliphatic hydroxyl groups excluding tert-OH is 2. The fourth-order valence-corrected chi connectivity index (χ4v) is 4.72. The van der Waals surface area contributed by atoms with E-state index in [1.807, 2.05) is 43.3 Å². The highest BCUT2D eigenvalue weighted by Crippen LogP contribution is 2.42. The van der Waals surface area contributed by atoms with E-state index in [2.05, 4.69) is 0 Å². The van der Waals surface area contributed by atoms with Crippen LogP contribution in [0.15, 0.2) is 42.5 Å². The summed E-state index contributed by atoms with van der Waals surface area (Å²) < 4.78 is 16.8. The molecule has 0 bridgehead atoms. The molecule has 1 aliphatic carbocycles. The van der Waals surface area contributed by atoms with E-state index in [0.717, 1.165) is 31.4 Å². The lowest BCUT2D eigenvalue weighted by Crippen LogP contribution is -2.22. The van der Waals surface area contributed by atoms with Gasteiger partial charge in [0.15, 0.2) is 0 Å². The summed E-state index contributed by atoms with van der Waals surface area (Å²) in [5.41, 5.74) is 0. The molecular weight excluding hydrogens is 396 g/mol. The fourth-order valence-electron chi connectivity index (χ4n) is 4.72. The Bertz CT molecular complexity index is 691.